The summed E-state index contributed by atoms with van der Waals surface area (Å²) in [4.78, 5) is 16.3. The molecule has 1 unspecified atom stereocenters. The predicted octanol–water partition coefficient (Wildman–Crippen LogP) is 3.56. The van der Waals surface area contributed by atoms with Crippen molar-refractivity contribution in [3.05, 3.63) is 38.4 Å². The molecule has 1 atom stereocenters. The van der Waals surface area contributed by atoms with Crippen molar-refractivity contribution in [2.24, 2.45) is 11.0 Å². The van der Waals surface area contributed by atoms with Gasteiger partial charge in [0.25, 0.3) is 0 Å². The average Bonchev–Trinajstić information content (AvgIpc) is 2.67. The normalized spacial score (nSPS) is 18.6. The van der Waals surface area contributed by atoms with Crippen LogP contribution in [-0.2, 0) is 4.79 Å². The van der Waals surface area contributed by atoms with E-state index in [1.807, 2.05) is 0 Å². The monoisotopic (exact) mass is 326 g/mol. The summed E-state index contributed by atoms with van der Waals surface area (Å²) in [7, 11) is 0. The smallest absolute Gasteiger partial charge is 0.227 e. The maximum absolute atomic E-state index is 13.2. The van der Waals surface area contributed by atoms with Crippen molar-refractivity contribution in [1.29, 1.82) is 0 Å². The highest BCUT2D eigenvalue weighted by Crippen LogP contribution is 2.35. The quantitative estimate of drug-likeness (QED) is 0.475. The molecule has 1 heterocycles. The van der Waals surface area contributed by atoms with Gasteiger partial charge in [0.2, 0.25) is 5.91 Å². The van der Waals surface area contributed by atoms with Crippen LogP contribution >= 0.6 is 15.9 Å². The Hall–Kier alpha value is -1.59. The van der Waals surface area contributed by atoms with E-state index in [1.165, 1.54) is 12.1 Å². The van der Waals surface area contributed by atoms with E-state index in [0.717, 1.165) is 0 Å². The predicted molar refractivity (Wildman–Crippen MR) is 73.3 cm³/mol. The fourth-order valence-corrected chi connectivity index (χ4v) is 3.05. The fraction of sp³-hybridized carbons (Fsp3) is 0.417. The standard InChI is InChI=1S/C12H12BrFN4O/c1-7-2-9(14)4-10(13)12(7)18-6-8(3-11(18)19)5-16-17-15/h2,4,8H,3,5-6H2,1H3. The second-order valence-electron chi connectivity index (χ2n) is 4.54. The van der Waals surface area contributed by atoms with E-state index in [2.05, 4.69) is 26.0 Å². The van der Waals surface area contributed by atoms with Crippen LogP contribution in [0.2, 0.25) is 0 Å². The Kier molecular flexibility index (Phi) is 4.07. The van der Waals surface area contributed by atoms with Crippen molar-refractivity contribution in [3.63, 3.8) is 0 Å². The van der Waals surface area contributed by atoms with Gasteiger partial charge in [-0.1, -0.05) is 5.11 Å². The van der Waals surface area contributed by atoms with Gasteiger partial charge in [-0.05, 0) is 52.0 Å². The third-order valence-corrected chi connectivity index (χ3v) is 3.70. The summed E-state index contributed by atoms with van der Waals surface area (Å²) in [6, 6.07) is 2.74. The van der Waals surface area contributed by atoms with Crippen molar-refractivity contribution < 1.29 is 9.18 Å². The number of hydrogen-bond donors (Lipinski definition) is 0. The number of hydrogen-bond acceptors (Lipinski definition) is 2. The number of aryl methyl sites for hydroxylation is 1. The first-order chi connectivity index (χ1) is 9.02. The third kappa shape index (κ3) is 2.88. The van der Waals surface area contributed by atoms with Gasteiger partial charge in [0, 0.05) is 28.9 Å². The molecule has 5 nitrogen and oxygen atoms in total. The molecule has 7 heteroatoms. The minimum atomic E-state index is -0.342. The van der Waals surface area contributed by atoms with Crippen molar-refractivity contribution in [1.82, 2.24) is 0 Å². The lowest BCUT2D eigenvalue weighted by atomic mass is 10.1. The molecule has 100 valence electrons. The second kappa shape index (κ2) is 5.59. The molecule has 1 amide bonds. The van der Waals surface area contributed by atoms with Gasteiger partial charge in [0.05, 0.1) is 5.69 Å². The topological polar surface area (TPSA) is 69.1 Å². The first-order valence-corrected chi connectivity index (χ1v) is 6.59. The fourth-order valence-electron chi connectivity index (χ4n) is 2.31. The molecule has 1 aromatic carbocycles. The van der Waals surface area contributed by atoms with Crippen LogP contribution in [0.15, 0.2) is 21.7 Å². The molecule has 0 bridgehead atoms. The molecule has 19 heavy (non-hydrogen) atoms. The molecule has 0 spiro atoms. The van der Waals surface area contributed by atoms with E-state index >= 15 is 0 Å². The Bertz CT molecular complexity index is 548. The number of rotatable bonds is 3. The molecule has 2 rings (SSSR count). The molecule has 0 N–H and O–H groups in total. The molecular formula is C12H12BrFN4O. The third-order valence-electron chi connectivity index (χ3n) is 3.10. The van der Waals surface area contributed by atoms with Gasteiger partial charge in [-0.2, -0.15) is 0 Å². The van der Waals surface area contributed by atoms with Gasteiger partial charge in [-0.25, -0.2) is 4.39 Å². The van der Waals surface area contributed by atoms with Gasteiger partial charge < -0.3 is 4.90 Å². The van der Waals surface area contributed by atoms with E-state index < -0.39 is 0 Å². The SMILES string of the molecule is Cc1cc(F)cc(Br)c1N1CC(CN=[N+]=[N-])CC1=O. The molecule has 0 radical (unpaired) electrons. The molecule has 0 aliphatic carbocycles. The minimum absolute atomic E-state index is 0.0137. The lowest BCUT2D eigenvalue weighted by molar-refractivity contribution is -0.117. The summed E-state index contributed by atoms with van der Waals surface area (Å²) in [5.41, 5.74) is 9.69. The van der Waals surface area contributed by atoms with Crippen LogP contribution < -0.4 is 4.90 Å². The zero-order valence-corrected chi connectivity index (χ0v) is 11.9. The summed E-state index contributed by atoms with van der Waals surface area (Å²) in [6.45, 7) is 2.55. The molecule has 1 aromatic rings. The van der Waals surface area contributed by atoms with Crippen LogP contribution in [0.4, 0.5) is 10.1 Å². The largest absolute Gasteiger partial charge is 0.311 e. The summed E-state index contributed by atoms with van der Waals surface area (Å²) >= 11 is 3.29. The Morgan fingerprint density at radius 1 is 1.63 bits per heavy atom. The van der Waals surface area contributed by atoms with Crippen molar-refractivity contribution in [2.45, 2.75) is 13.3 Å². The highest BCUT2D eigenvalue weighted by Gasteiger charge is 2.32. The first kappa shape index (κ1) is 13.8. The lowest BCUT2D eigenvalue weighted by Crippen LogP contribution is -2.26. The highest BCUT2D eigenvalue weighted by atomic mass is 79.9. The van der Waals surface area contributed by atoms with E-state index in [-0.39, 0.29) is 17.6 Å². The summed E-state index contributed by atoms with van der Waals surface area (Å²) in [5, 5.41) is 3.51. The van der Waals surface area contributed by atoms with Crippen LogP contribution in [0, 0.1) is 18.7 Å². The van der Waals surface area contributed by atoms with E-state index in [1.54, 1.807) is 11.8 Å². The maximum Gasteiger partial charge on any atom is 0.227 e. The lowest BCUT2D eigenvalue weighted by Gasteiger charge is -2.20. The van der Waals surface area contributed by atoms with E-state index in [9.17, 15) is 9.18 Å². The average molecular weight is 327 g/mol. The summed E-state index contributed by atoms with van der Waals surface area (Å²) < 4.78 is 13.8. The molecule has 1 fully saturated rings. The van der Waals surface area contributed by atoms with Gasteiger partial charge >= 0.3 is 0 Å². The van der Waals surface area contributed by atoms with Gasteiger partial charge in [0.1, 0.15) is 5.82 Å². The van der Waals surface area contributed by atoms with E-state index in [4.69, 9.17) is 5.53 Å². The maximum atomic E-state index is 13.2. The summed E-state index contributed by atoms with van der Waals surface area (Å²) in [5.74, 6) is -0.362. The molecule has 0 aromatic heterocycles. The van der Waals surface area contributed by atoms with Crippen LogP contribution in [0.1, 0.15) is 12.0 Å². The number of halogens is 2. The molecular weight excluding hydrogens is 315 g/mol. The Morgan fingerprint density at radius 2 is 2.37 bits per heavy atom. The molecule has 1 saturated heterocycles. The number of azide groups is 1. The number of amides is 1. The van der Waals surface area contributed by atoms with Crippen LogP contribution in [0.5, 0.6) is 0 Å². The number of carbonyl (C=O) groups is 1. The van der Waals surface area contributed by atoms with Crippen LogP contribution in [-0.4, -0.2) is 19.0 Å². The second-order valence-corrected chi connectivity index (χ2v) is 5.40. The number of benzene rings is 1. The first-order valence-electron chi connectivity index (χ1n) is 5.79. The Balaban J connectivity index is 2.28. The van der Waals surface area contributed by atoms with E-state index in [0.29, 0.717) is 35.2 Å². The zero-order chi connectivity index (χ0) is 14.0. The van der Waals surface area contributed by atoms with Crippen molar-refractivity contribution in [2.75, 3.05) is 18.0 Å². The Labute approximate surface area is 118 Å². The zero-order valence-electron chi connectivity index (χ0n) is 10.3. The molecule has 1 aliphatic rings. The van der Waals surface area contributed by atoms with Crippen LogP contribution in [0.25, 0.3) is 10.4 Å². The van der Waals surface area contributed by atoms with Crippen molar-refractivity contribution in [3.8, 4) is 0 Å². The minimum Gasteiger partial charge on any atom is -0.311 e. The molecule has 0 saturated carbocycles. The number of anilines is 1. The number of carbonyl (C=O) groups excluding carboxylic acids is 1. The van der Waals surface area contributed by atoms with Gasteiger partial charge in [-0.3, -0.25) is 4.79 Å². The van der Waals surface area contributed by atoms with Crippen molar-refractivity contribution >= 4 is 27.5 Å². The highest BCUT2D eigenvalue weighted by molar-refractivity contribution is 9.10. The van der Waals surface area contributed by atoms with Gasteiger partial charge in [-0.15, -0.1) is 0 Å². The number of nitrogens with zero attached hydrogens (tertiary/aromatic N) is 4. The Morgan fingerprint density at radius 3 is 3.00 bits per heavy atom. The summed E-state index contributed by atoms with van der Waals surface area (Å²) in [6.07, 6.45) is 0.349. The molecule has 1 aliphatic heterocycles. The van der Waals surface area contributed by atoms with Gasteiger partial charge in [0.15, 0.2) is 0 Å². The van der Waals surface area contributed by atoms with Crippen LogP contribution in [0.3, 0.4) is 0 Å².